The van der Waals surface area contributed by atoms with E-state index in [0.717, 1.165) is 16.8 Å². The minimum atomic E-state index is -1.41. The summed E-state index contributed by atoms with van der Waals surface area (Å²) < 4.78 is 13.7. The molecule has 3 rings (SSSR count). The van der Waals surface area contributed by atoms with Crippen LogP contribution in [-0.4, -0.2) is 0 Å². The van der Waals surface area contributed by atoms with Gasteiger partial charge in [-0.05, 0) is 57.1 Å². The molecule has 0 amide bonds. The topological polar surface area (TPSA) is 18.5 Å². The molecule has 0 fully saturated rings. The molecule has 0 heterocycles. The van der Waals surface area contributed by atoms with Gasteiger partial charge in [0, 0.05) is 11.1 Å². The molecule has 0 bridgehead atoms. The van der Waals surface area contributed by atoms with Gasteiger partial charge in [0.25, 0.3) is 0 Å². The van der Waals surface area contributed by atoms with Crippen LogP contribution in [0.2, 0.25) is 0 Å². The zero-order valence-corrected chi connectivity index (χ0v) is 26.0. The van der Waals surface area contributed by atoms with Gasteiger partial charge in [-0.3, -0.25) is 0 Å². The van der Waals surface area contributed by atoms with Crippen LogP contribution in [-0.2, 0) is 21.7 Å². The van der Waals surface area contributed by atoms with E-state index in [1.165, 1.54) is 22.3 Å². The normalized spacial score (nSPS) is 13.1. The molecule has 0 aliphatic carbocycles. The monoisotopic (exact) mass is 518 g/mol. The summed E-state index contributed by atoms with van der Waals surface area (Å²) in [5.41, 5.74) is 5.01. The molecule has 0 aromatic heterocycles. The molecule has 0 radical (unpaired) electrons. The molecule has 0 N–H and O–H groups in total. The van der Waals surface area contributed by atoms with Crippen LogP contribution in [0.25, 0.3) is 0 Å². The van der Waals surface area contributed by atoms with Crippen LogP contribution < -0.4 is 14.4 Å². The Morgan fingerprint density at radius 2 is 0.838 bits per heavy atom. The summed E-state index contributed by atoms with van der Waals surface area (Å²) >= 11 is 0. The second-order valence-corrected chi connectivity index (χ2v) is 15.6. The Morgan fingerprint density at radius 1 is 0.459 bits per heavy atom. The van der Waals surface area contributed by atoms with E-state index in [4.69, 9.17) is 9.05 Å². The molecule has 0 saturated carbocycles. The van der Waals surface area contributed by atoms with E-state index in [0.29, 0.717) is 0 Å². The van der Waals surface area contributed by atoms with Crippen LogP contribution in [0.5, 0.6) is 11.5 Å². The predicted octanol–water partition coefficient (Wildman–Crippen LogP) is 9.97. The van der Waals surface area contributed by atoms with Crippen molar-refractivity contribution in [2.45, 2.75) is 105 Å². The van der Waals surface area contributed by atoms with Crippen molar-refractivity contribution in [2.75, 3.05) is 0 Å². The van der Waals surface area contributed by atoms with Crippen LogP contribution >= 0.6 is 8.38 Å². The lowest BCUT2D eigenvalue weighted by Gasteiger charge is -2.30. The van der Waals surface area contributed by atoms with Crippen molar-refractivity contribution < 1.29 is 9.05 Å². The van der Waals surface area contributed by atoms with Crippen molar-refractivity contribution in [3.63, 3.8) is 0 Å². The number of rotatable bonds is 5. The summed E-state index contributed by atoms with van der Waals surface area (Å²) in [7, 11) is -1.41. The Balaban J connectivity index is 2.12. The van der Waals surface area contributed by atoms with Gasteiger partial charge >= 0.3 is 8.38 Å². The third-order valence-corrected chi connectivity index (χ3v) is 8.08. The summed E-state index contributed by atoms with van der Waals surface area (Å²) in [6.45, 7) is 27.0. The second kappa shape index (κ2) is 10.5. The summed E-state index contributed by atoms with van der Waals surface area (Å²) in [4.78, 5) is 0. The summed E-state index contributed by atoms with van der Waals surface area (Å²) in [6.07, 6.45) is 0. The molecule has 0 aliphatic rings. The van der Waals surface area contributed by atoms with Gasteiger partial charge in [-0.1, -0.05) is 126 Å². The molecule has 2 nitrogen and oxygen atoms in total. The highest BCUT2D eigenvalue weighted by atomic mass is 31.2. The molecule has 0 unspecified atom stereocenters. The highest BCUT2D eigenvalue weighted by Gasteiger charge is 2.29. The van der Waals surface area contributed by atoms with E-state index in [-0.39, 0.29) is 21.7 Å². The SMILES string of the molecule is CC(C)(C)c1ccc(OP(Oc2ccc(C(C)(C)C)cc2C(C)(C)C)c2ccccc2)c(C(C)(C)C)c1. The van der Waals surface area contributed by atoms with Gasteiger partial charge in [0.05, 0.1) is 5.30 Å². The molecule has 0 aliphatic heterocycles. The van der Waals surface area contributed by atoms with E-state index in [2.05, 4.69) is 144 Å². The first-order chi connectivity index (χ1) is 16.9. The molecule has 3 aromatic rings. The van der Waals surface area contributed by atoms with Crippen molar-refractivity contribution in [1.82, 2.24) is 0 Å². The Hall–Kier alpha value is -2.31. The smallest absolute Gasteiger partial charge is 0.326 e. The average molecular weight is 519 g/mol. The quantitative estimate of drug-likeness (QED) is 0.313. The van der Waals surface area contributed by atoms with Crippen LogP contribution in [0, 0.1) is 0 Å². The van der Waals surface area contributed by atoms with Crippen LogP contribution in [0.15, 0.2) is 66.7 Å². The van der Waals surface area contributed by atoms with Crippen LogP contribution in [0.1, 0.15) is 105 Å². The molecule has 3 heteroatoms. The van der Waals surface area contributed by atoms with Gasteiger partial charge < -0.3 is 9.05 Å². The highest BCUT2D eigenvalue weighted by molar-refractivity contribution is 7.56. The number of hydrogen-bond donors (Lipinski definition) is 0. The molecular weight excluding hydrogens is 471 g/mol. The number of hydrogen-bond acceptors (Lipinski definition) is 2. The minimum Gasteiger partial charge on any atom is -0.435 e. The van der Waals surface area contributed by atoms with E-state index < -0.39 is 8.38 Å². The first-order valence-electron chi connectivity index (χ1n) is 13.4. The van der Waals surface area contributed by atoms with Crippen molar-refractivity contribution in [2.24, 2.45) is 0 Å². The van der Waals surface area contributed by atoms with Crippen LogP contribution in [0.4, 0.5) is 0 Å². The molecule has 0 saturated heterocycles. The fraction of sp³-hybridized carbons (Fsp3) is 0.471. The van der Waals surface area contributed by atoms with Gasteiger partial charge in [0.1, 0.15) is 11.5 Å². The number of benzene rings is 3. The van der Waals surface area contributed by atoms with Crippen molar-refractivity contribution in [3.05, 3.63) is 89.0 Å². The Bertz CT molecular complexity index is 1120. The van der Waals surface area contributed by atoms with Gasteiger partial charge in [0.2, 0.25) is 0 Å². The standard InChI is InChI=1S/C34H47O2P/c1-31(2,3)24-18-20-29(27(22-24)33(7,8)9)35-37(26-16-14-13-15-17-26)36-30-21-19-25(32(4,5)6)23-28(30)34(10,11)12/h13-23H,1-12H3. The zero-order valence-electron chi connectivity index (χ0n) is 25.1. The summed E-state index contributed by atoms with van der Waals surface area (Å²) in [5.74, 6) is 1.78. The summed E-state index contributed by atoms with van der Waals surface area (Å²) in [6, 6.07) is 23.6. The molecule has 0 atom stereocenters. The molecule has 3 aromatic carbocycles. The molecule has 37 heavy (non-hydrogen) atoms. The van der Waals surface area contributed by atoms with Gasteiger partial charge in [-0.15, -0.1) is 0 Å². The maximum absolute atomic E-state index is 6.84. The summed E-state index contributed by atoms with van der Waals surface area (Å²) in [5, 5.41) is 1.05. The minimum absolute atomic E-state index is 0.0651. The molecule has 200 valence electrons. The van der Waals surface area contributed by atoms with E-state index in [1.54, 1.807) is 0 Å². The zero-order chi connectivity index (χ0) is 27.8. The maximum atomic E-state index is 6.84. The van der Waals surface area contributed by atoms with Gasteiger partial charge in [-0.25, -0.2) is 0 Å². The Labute approximate surface area is 227 Å². The van der Waals surface area contributed by atoms with Crippen molar-refractivity contribution in [1.29, 1.82) is 0 Å². The Morgan fingerprint density at radius 3 is 1.16 bits per heavy atom. The average Bonchev–Trinajstić information content (AvgIpc) is 2.76. The van der Waals surface area contributed by atoms with Crippen LogP contribution in [0.3, 0.4) is 0 Å². The molecule has 0 spiro atoms. The lowest BCUT2D eigenvalue weighted by molar-refractivity contribution is 0.466. The van der Waals surface area contributed by atoms with E-state index >= 15 is 0 Å². The lowest BCUT2D eigenvalue weighted by atomic mass is 9.80. The van der Waals surface area contributed by atoms with Gasteiger partial charge in [-0.2, -0.15) is 0 Å². The lowest BCUT2D eigenvalue weighted by Crippen LogP contribution is -2.20. The Kier molecular flexibility index (Phi) is 8.26. The first-order valence-corrected chi connectivity index (χ1v) is 14.6. The third kappa shape index (κ3) is 7.38. The first kappa shape index (κ1) is 29.2. The second-order valence-electron chi connectivity index (χ2n) is 14.2. The third-order valence-electron chi connectivity index (χ3n) is 6.64. The van der Waals surface area contributed by atoms with Crippen molar-refractivity contribution >= 4 is 13.7 Å². The fourth-order valence-electron chi connectivity index (χ4n) is 4.18. The predicted molar refractivity (Wildman–Crippen MR) is 162 cm³/mol. The van der Waals surface area contributed by atoms with E-state index in [9.17, 15) is 0 Å². The highest BCUT2D eigenvalue weighted by Crippen LogP contribution is 2.47. The van der Waals surface area contributed by atoms with Crippen molar-refractivity contribution in [3.8, 4) is 11.5 Å². The fourth-order valence-corrected chi connectivity index (χ4v) is 5.52. The largest absolute Gasteiger partial charge is 0.435 e. The van der Waals surface area contributed by atoms with Gasteiger partial charge in [0.15, 0.2) is 0 Å². The maximum Gasteiger partial charge on any atom is 0.326 e. The van der Waals surface area contributed by atoms with E-state index in [1.807, 2.05) is 6.07 Å². The molecular formula is C34H47O2P.